The fourth-order valence-electron chi connectivity index (χ4n) is 2.04. The van der Waals surface area contributed by atoms with E-state index >= 15 is 0 Å². The number of aromatic amines is 1. The number of aliphatic hydroxyl groups is 2. The predicted octanol–water partition coefficient (Wildman–Crippen LogP) is -0.927. The van der Waals surface area contributed by atoms with Gasteiger partial charge in [0.2, 0.25) is 0 Å². The molecular weight excluding hydrogens is 322 g/mol. The van der Waals surface area contributed by atoms with Gasteiger partial charge in [-0.15, -0.1) is 0 Å². The van der Waals surface area contributed by atoms with Crippen LogP contribution in [0.5, 0.6) is 0 Å². The van der Waals surface area contributed by atoms with Crippen LogP contribution in [0.15, 0.2) is 33.4 Å². The number of nitriles is 1. The Morgan fingerprint density at radius 2 is 2.25 bits per heavy atom. The van der Waals surface area contributed by atoms with Gasteiger partial charge in [0.25, 0.3) is 5.56 Å². The number of hydrogen-bond donors (Lipinski definition) is 3. The lowest BCUT2D eigenvalue weighted by atomic mass is 10.1. The summed E-state index contributed by atoms with van der Waals surface area (Å²) in [5.41, 5.74) is -4.05. The van der Waals surface area contributed by atoms with E-state index in [9.17, 15) is 29.9 Å². The molecule has 1 aliphatic rings. The Labute approximate surface area is 135 Å². The van der Waals surface area contributed by atoms with Gasteiger partial charge in [-0.3, -0.25) is 14.6 Å². The van der Waals surface area contributed by atoms with Gasteiger partial charge in [0.1, 0.15) is 6.07 Å². The van der Waals surface area contributed by atoms with Crippen LogP contribution in [0, 0.1) is 17.2 Å². The molecule has 0 bridgehead atoms. The summed E-state index contributed by atoms with van der Waals surface area (Å²) in [4.78, 5) is 36.4. The maximum absolute atomic E-state index is 11.9. The average Bonchev–Trinajstić information content (AvgIpc) is 2.77. The Hall–Kier alpha value is -3.06. The van der Waals surface area contributed by atoms with Crippen molar-refractivity contribution in [2.24, 2.45) is 5.92 Å². The van der Waals surface area contributed by atoms with Crippen molar-refractivity contribution in [3.8, 4) is 6.07 Å². The number of hydrogen-bond acceptors (Lipinski definition) is 8. The number of ether oxygens (including phenoxy) is 2. The highest BCUT2D eigenvalue weighted by Crippen LogP contribution is 2.36. The third kappa shape index (κ3) is 2.77. The minimum Gasteiger partial charge on any atom is -0.506 e. The zero-order valence-electron chi connectivity index (χ0n) is 12.8. The number of aromatic nitrogens is 2. The Morgan fingerprint density at radius 3 is 2.79 bits per heavy atom. The molecule has 0 saturated heterocycles. The van der Waals surface area contributed by atoms with Crippen molar-refractivity contribution in [1.82, 2.24) is 9.55 Å². The monoisotopic (exact) mass is 337 g/mol. The summed E-state index contributed by atoms with van der Waals surface area (Å²) in [7, 11) is 0. The average molecular weight is 337 g/mol. The molecule has 1 aromatic heterocycles. The van der Waals surface area contributed by atoms with Gasteiger partial charge in [-0.25, -0.2) is 9.36 Å². The first-order valence-corrected chi connectivity index (χ1v) is 6.92. The van der Waals surface area contributed by atoms with Crippen molar-refractivity contribution >= 4 is 5.97 Å². The van der Waals surface area contributed by atoms with E-state index in [-0.39, 0.29) is 5.76 Å². The van der Waals surface area contributed by atoms with Crippen LogP contribution in [0.25, 0.3) is 0 Å². The number of carbonyl (C=O) groups is 1. The summed E-state index contributed by atoms with van der Waals surface area (Å²) in [5.74, 6) is -2.12. The Balaban J connectivity index is 2.36. The Bertz CT molecular complexity index is 845. The van der Waals surface area contributed by atoms with Crippen LogP contribution in [0.3, 0.4) is 0 Å². The molecule has 1 aromatic rings. The minimum absolute atomic E-state index is 0.365. The lowest BCUT2D eigenvalue weighted by Crippen LogP contribution is -2.49. The zero-order valence-corrected chi connectivity index (χ0v) is 12.8. The van der Waals surface area contributed by atoms with Crippen molar-refractivity contribution in [3.05, 3.63) is 44.6 Å². The molecule has 0 aliphatic carbocycles. The van der Waals surface area contributed by atoms with E-state index in [0.29, 0.717) is 4.57 Å². The third-order valence-corrected chi connectivity index (χ3v) is 3.35. The molecule has 128 valence electrons. The van der Waals surface area contributed by atoms with E-state index in [1.54, 1.807) is 19.9 Å². The largest absolute Gasteiger partial charge is 0.506 e. The molecule has 1 aliphatic heterocycles. The number of rotatable bonds is 4. The van der Waals surface area contributed by atoms with E-state index < -0.39 is 47.3 Å². The van der Waals surface area contributed by atoms with Crippen LogP contribution in [-0.2, 0) is 20.0 Å². The molecule has 3 N–H and O–H groups in total. The molecule has 2 heterocycles. The third-order valence-electron chi connectivity index (χ3n) is 3.35. The van der Waals surface area contributed by atoms with Crippen LogP contribution < -0.4 is 11.2 Å². The van der Waals surface area contributed by atoms with Crippen molar-refractivity contribution in [2.45, 2.75) is 25.7 Å². The predicted molar refractivity (Wildman–Crippen MR) is 77.5 cm³/mol. The summed E-state index contributed by atoms with van der Waals surface area (Å²) < 4.78 is 10.8. The first-order valence-electron chi connectivity index (χ1n) is 6.92. The highest BCUT2D eigenvalue weighted by molar-refractivity contribution is 5.71. The summed E-state index contributed by atoms with van der Waals surface area (Å²) in [6.07, 6.45) is -0.969. The van der Waals surface area contributed by atoms with Gasteiger partial charge < -0.3 is 19.7 Å². The second-order valence-corrected chi connectivity index (χ2v) is 5.36. The molecule has 0 fully saturated rings. The van der Waals surface area contributed by atoms with E-state index in [1.807, 2.05) is 4.98 Å². The van der Waals surface area contributed by atoms with Crippen molar-refractivity contribution < 1.29 is 24.5 Å². The summed E-state index contributed by atoms with van der Waals surface area (Å²) in [5, 5.41) is 29.5. The molecule has 24 heavy (non-hydrogen) atoms. The molecule has 0 radical (unpaired) electrons. The Morgan fingerprint density at radius 1 is 1.58 bits per heavy atom. The van der Waals surface area contributed by atoms with Crippen molar-refractivity contribution in [1.29, 1.82) is 5.26 Å². The number of carbonyl (C=O) groups excluding carboxylic acids is 1. The lowest BCUT2D eigenvalue weighted by molar-refractivity contribution is -0.148. The molecule has 0 amide bonds. The number of esters is 1. The van der Waals surface area contributed by atoms with Crippen LogP contribution >= 0.6 is 0 Å². The fraction of sp³-hybridized carbons (Fsp3) is 0.429. The first-order chi connectivity index (χ1) is 11.2. The van der Waals surface area contributed by atoms with Gasteiger partial charge in [0.05, 0.1) is 5.92 Å². The molecule has 2 rings (SSSR count). The normalized spacial score (nSPS) is 23.0. The quantitative estimate of drug-likeness (QED) is 0.595. The van der Waals surface area contributed by atoms with E-state index in [2.05, 4.69) is 0 Å². The van der Waals surface area contributed by atoms with Crippen LogP contribution in [0.4, 0.5) is 0 Å². The van der Waals surface area contributed by atoms with Crippen molar-refractivity contribution in [3.63, 3.8) is 0 Å². The lowest BCUT2D eigenvalue weighted by Gasteiger charge is -2.26. The summed E-state index contributed by atoms with van der Waals surface area (Å²) in [6.45, 7) is 2.67. The molecule has 10 heteroatoms. The summed E-state index contributed by atoms with van der Waals surface area (Å²) in [6, 6.07) is 2.55. The second-order valence-electron chi connectivity index (χ2n) is 5.36. The summed E-state index contributed by atoms with van der Waals surface area (Å²) >= 11 is 0. The topological polar surface area (TPSA) is 155 Å². The SMILES string of the molecule is CC(C)C(=O)OCC1=C(O)C(O)[C@](C#N)(n2ccc(=O)[nH]c2=O)O1. The minimum atomic E-state index is -2.33. The fourth-order valence-corrected chi connectivity index (χ4v) is 2.04. The smallest absolute Gasteiger partial charge is 0.332 e. The molecule has 10 nitrogen and oxygen atoms in total. The van der Waals surface area contributed by atoms with E-state index in [1.165, 1.54) is 0 Å². The van der Waals surface area contributed by atoms with Crippen LogP contribution in [-0.4, -0.2) is 38.4 Å². The van der Waals surface area contributed by atoms with Crippen molar-refractivity contribution in [2.75, 3.05) is 6.61 Å². The highest BCUT2D eigenvalue weighted by Gasteiger charge is 2.53. The van der Waals surface area contributed by atoms with Gasteiger partial charge in [-0.05, 0) is 0 Å². The van der Waals surface area contributed by atoms with Gasteiger partial charge in [-0.2, -0.15) is 5.26 Å². The second kappa shape index (κ2) is 6.21. The van der Waals surface area contributed by atoms with Gasteiger partial charge in [0, 0.05) is 12.3 Å². The highest BCUT2D eigenvalue weighted by atomic mass is 16.6. The maximum Gasteiger partial charge on any atom is 0.332 e. The molecule has 0 saturated carbocycles. The van der Waals surface area contributed by atoms with Gasteiger partial charge >= 0.3 is 17.4 Å². The number of nitrogens with one attached hydrogen (secondary N) is 1. The van der Waals surface area contributed by atoms with Crippen LogP contribution in [0.2, 0.25) is 0 Å². The molecule has 0 aromatic carbocycles. The number of aliphatic hydroxyl groups excluding tert-OH is 2. The molecule has 2 atom stereocenters. The first kappa shape index (κ1) is 17.3. The van der Waals surface area contributed by atoms with Crippen LogP contribution in [0.1, 0.15) is 13.8 Å². The van der Waals surface area contributed by atoms with E-state index in [0.717, 1.165) is 12.3 Å². The zero-order chi connectivity index (χ0) is 18.1. The Kier molecular flexibility index (Phi) is 4.48. The number of H-pyrrole nitrogens is 1. The van der Waals surface area contributed by atoms with Gasteiger partial charge in [0.15, 0.2) is 24.2 Å². The molecule has 0 spiro atoms. The number of nitrogens with zero attached hydrogens (tertiary/aromatic N) is 2. The van der Waals surface area contributed by atoms with Gasteiger partial charge in [-0.1, -0.05) is 13.8 Å². The molecule has 1 unspecified atom stereocenters. The molecular formula is C14H15N3O7. The maximum atomic E-state index is 11.9. The van der Waals surface area contributed by atoms with E-state index in [4.69, 9.17) is 9.47 Å². The standard InChI is InChI=1S/C14H15N3O7/c1-7(2)12(21)23-5-8-10(19)11(20)14(6-15,24-8)17-4-3-9(18)16-13(17)22/h3-4,7,11,19-20H,5H2,1-2H3,(H,16,18,22)/t11?,14-/m1/s1.